The lowest BCUT2D eigenvalue weighted by Gasteiger charge is -1.41. The highest BCUT2D eigenvalue weighted by Gasteiger charge is 1.56. The Bertz CT molecular complexity index is 11000. The monoisotopic (exact) mass is 4800 g/mol. The Morgan fingerprint density at radius 3 is 0.0733 bits per heavy atom. The third kappa shape index (κ3) is 181. The van der Waals surface area contributed by atoms with E-state index in [0.717, 1.165) is 0 Å². The molecule has 0 radical (unpaired) electrons. The second-order valence-electron chi connectivity index (χ2n) is 10.1. The van der Waals surface area contributed by atoms with Gasteiger partial charge in [-0.2, -0.15) is 0 Å². The fourth-order valence-corrected chi connectivity index (χ4v) is 402. The van der Waals surface area contributed by atoms with E-state index in [1.807, 2.05) is 1190 Å². The van der Waals surface area contributed by atoms with Crippen molar-refractivity contribution in [1.29, 1.82) is 0 Å². The van der Waals surface area contributed by atoms with E-state index in [-0.39, 0.29) is 0 Å². The molecule has 0 N–H and O–H groups in total. The van der Waals surface area contributed by atoms with Gasteiger partial charge in [0.05, 0.1) is 0 Å². The molecular formula is S150. The van der Waals surface area contributed by atoms with Crippen molar-refractivity contribution in [3.63, 3.8) is 0 Å². The van der Waals surface area contributed by atoms with Crippen molar-refractivity contribution in [2.45, 2.75) is 0 Å². The SMILES string of the molecule is S=S=S=S=S=S=S=S=S=S=S=S=S=S=S=S=S=S=S=S=S=S=S=S=S=S=S=S=S=S=S=S=S=S=S=S=S=S=S=S=S=S=S=S=S=S=S=S=S=S=S=S=S=S=S=S=S=S=S=S=S=S=S=S=S=S=S=S=S=S=S=S=S=S=S=S=S=S=S=S=S=S=S=S=S=S=S=S=S=S=S=S=S=S=S=S=S=S=S=S=S=S=S=S=S=S=S=S=S=S=S=S=S=S=S=S=S=S=S=S=S=S=S=S=S=S=S=S=S=S=S=S=S=S=S=S=S=S=S=S=S=S=S=S=S=S=S=S=S=S. The first-order chi connectivity index (χ1) is 74.9. The minimum absolute atomic E-state index is 1.37. The molecule has 150 heavy (non-hydrogen) atoms. The fraction of sp³-hybridized carbons (Fsp3) is 0. The maximum absolute atomic E-state index is 4.84. The smallest absolute Gasteiger partial charge is 0 e. The van der Waals surface area contributed by atoms with Crippen LogP contribution in [0.2, 0.25) is 0 Å². The van der Waals surface area contributed by atoms with Crippen LogP contribution < -0.4 is 0 Å². The maximum atomic E-state index is 4.84. The van der Waals surface area contributed by atoms with Crippen molar-refractivity contribution < 1.29 is 0 Å². The zero-order valence-electron chi connectivity index (χ0n) is 61.2. The van der Waals surface area contributed by atoms with Crippen molar-refractivity contribution in [1.82, 2.24) is 0 Å². The van der Waals surface area contributed by atoms with Crippen molar-refractivity contribution in [2.75, 3.05) is 0 Å². The topological polar surface area (TPSA) is 0 Å². The summed E-state index contributed by atoms with van der Waals surface area (Å²) in [6.07, 6.45) is 0. The van der Waals surface area contributed by atoms with Gasteiger partial charge in [-0.05, 0) is 0 Å². The summed E-state index contributed by atoms with van der Waals surface area (Å²) in [5.41, 5.74) is 0. The predicted molar refractivity (Wildman–Crippen MR) is 1100 cm³/mol. The minimum Gasteiger partial charge on any atom is 0 e. The lowest BCUT2D eigenvalue weighted by molar-refractivity contribution is 5.95. The average molecular weight is 4810 g/mol. The zero-order valence-corrected chi connectivity index (χ0v) is 184. The van der Waals surface area contributed by atoms with E-state index in [1.54, 1.807) is 107 Å². The third-order valence-electron chi connectivity index (χ3n) is 4.08. The number of hydrogen-bond donors (Lipinski definition) is 0. The minimum atomic E-state index is 1.37. The summed E-state index contributed by atoms with van der Waals surface area (Å²) < 4.78 is 0. The number of hydrogen-bond acceptors (Lipinski definition) is 2. The molecule has 0 saturated heterocycles. The molecule has 0 aliphatic heterocycles. The molecule has 0 fully saturated rings. The van der Waals surface area contributed by atoms with Gasteiger partial charge < -0.3 is 0 Å². The molecule has 0 rings (SSSR count). The van der Waals surface area contributed by atoms with Crippen LogP contribution in [-0.4, -0.2) is 0 Å². The van der Waals surface area contributed by atoms with Gasteiger partial charge in [-0.15, -0.1) is 0 Å². The normalized spacial score (nSPS) is 7.92. The first kappa shape index (κ1) is 183. The first-order valence-electron chi connectivity index (χ1n) is 24.8. The van der Waals surface area contributed by atoms with Gasteiger partial charge in [0, 0.05) is 1340 Å². The molecule has 0 unspecified atom stereocenters. The van der Waals surface area contributed by atoms with Crippen LogP contribution in [0, 0.1) is 0 Å². The van der Waals surface area contributed by atoms with Crippen LogP contribution >= 0.6 is 0 Å². The van der Waals surface area contributed by atoms with Crippen LogP contribution in [0.25, 0.3) is 0 Å². The lowest BCUT2D eigenvalue weighted by Crippen LogP contribution is -1.42. The van der Waals surface area contributed by atoms with Crippen molar-refractivity contribution in [2.24, 2.45) is 0 Å². The molecular weight excluding hydrogens is 4810 g/mol. The van der Waals surface area contributed by atoms with Gasteiger partial charge in [-0.1, -0.05) is 0 Å². The summed E-state index contributed by atoms with van der Waals surface area (Å²) >= 11 is 9.67. The van der Waals surface area contributed by atoms with Crippen LogP contribution in [-0.2, 0) is 1340 Å². The van der Waals surface area contributed by atoms with E-state index in [9.17, 15) is 0 Å². The van der Waals surface area contributed by atoms with E-state index < -0.39 is 0 Å². The van der Waals surface area contributed by atoms with Gasteiger partial charge in [0.25, 0.3) is 0 Å². The Hall–Kier alpha value is 33.0. The highest BCUT2D eigenvalue weighted by molar-refractivity contribution is 8.92. The first-order valence-corrected chi connectivity index (χ1v) is 223. The van der Waals surface area contributed by atoms with E-state index in [4.69, 9.17) is 22.4 Å². The Kier molecular flexibility index (Phi) is 222. The second kappa shape index (κ2) is 182. The molecule has 0 amide bonds. The molecule has 0 bridgehead atoms. The number of rotatable bonds is 0. The maximum Gasteiger partial charge on any atom is 0 e. The summed E-state index contributed by atoms with van der Waals surface area (Å²) in [4.78, 5) is 0. The summed E-state index contributed by atoms with van der Waals surface area (Å²) in [6.45, 7) is 0. The predicted octanol–water partition coefficient (Wildman–Crippen LogP) is -0.360. The van der Waals surface area contributed by atoms with Crippen LogP contribution in [0.1, 0.15) is 0 Å². The van der Waals surface area contributed by atoms with E-state index in [1.165, 1.54) is 17.8 Å². The van der Waals surface area contributed by atoms with Gasteiger partial charge in [-0.25, -0.2) is 0 Å². The van der Waals surface area contributed by atoms with E-state index in [0.29, 0.717) is 0 Å². The molecule has 0 atom stereocenters. The quantitative estimate of drug-likeness (QED) is 0.326. The van der Waals surface area contributed by atoms with Gasteiger partial charge in [0.2, 0.25) is 0 Å². The molecule has 0 spiro atoms. The molecule has 0 aromatic rings. The summed E-state index contributed by atoms with van der Waals surface area (Å²) in [6, 6.07) is 0. The molecule has 150 heteroatoms. The molecule has 0 aliphatic rings. The van der Waals surface area contributed by atoms with Gasteiger partial charge >= 0.3 is 0 Å². The molecule has 0 heterocycles. The van der Waals surface area contributed by atoms with Crippen LogP contribution in [0.15, 0.2) is 0 Å². The summed E-state index contributed by atoms with van der Waals surface area (Å²) in [5, 5.41) is 0. The highest BCUT2D eigenvalue weighted by Crippen LogP contribution is 1.56. The third-order valence-corrected chi connectivity index (χ3v) is 331. The largest absolute Gasteiger partial charge is 0 e. The van der Waals surface area contributed by atoms with Crippen molar-refractivity contribution >= 4 is 1340 Å². The van der Waals surface area contributed by atoms with Gasteiger partial charge in [0.1, 0.15) is 0 Å². The standard InChI is InChI=1S/S150/c1-3-5-7-9-11-13-15-17-19-21-23-25-27-29-31-33-35-37-39-41-43-45-47-49-51-53-55-57-59-61-63-65-67-69-71-73-75-77-79-81-83-85-87-89-91-93-95-97-99-101-103-105-107-109-111-113-115-117-119-121-123-125-127-129-131-133-135-137-139-141-143-145-147-149-150-148-146-144-142-140-138-136-134-132-130-128-126-124-122-120-118-116-114-112-110-108-106-104-102-100-98-96-94-92-90-88-86-84-82-80-78-76-74-72-70-68-66-64-62-60-58-56-54-52-50-48-46-44-42-40-38-36-34-32-30-28-26-24-22-20-18-16-14-12-10-8-6-4-2. The van der Waals surface area contributed by atoms with Gasteiger partial charge in [-0.3, -0.25) is 0 Å². The summed E-state index contributed by atoms with van der Waals surface area (Å²) in [5.74, 6) is 0. The Morgan fingerprint density at radius 2 is 0.0533 bits per heavy atom. The van der Waals surface area contributed by atoms with Crippen LogP contribution in [0.5, 0.6) is 0 Å². The molecule has 0 aromatic heterocycles. The van der Waals surface area contributed by atoms with E-state index >= 15 is 0 Å². The van der Waals surface area contributed by atoms with Crippen LogP contribution in [0.4, 0.5) is 0 Å². The molecule has 0 nitrogen and oxygen atoms in total. The molecule has 0 saturated carbocycles. The van der Waals surface area contributed by atoms with E-state index in [2.05, 4.69) is 0 Å². The molecule has 0 aliphatic carbocycles. The summed E-state index contributed by atoms with van der Waals surface area (Å²) in [7, 11) is 269. The highest BCUT2D eigenvalue weighted by atomic mass is 33.6. The van der Waals surface area contributed by atoms with Crippen molar-refractivity contribution in [3.05, 3.63) is 0 Å². The van der Waals surface area contributed by atoms with Crippen LogP contribution in [0.3, 0.4) is 0 Å². The van der Waals surface area contributed by atoms with Gasteiger partial charge in [0.15, 0.2) is 0 Å². The lowest BCUT2D eigenvalue weighted by atomic mass is 30.7. The Morgan fingerprint density at radius 1 is 0.0333 bits per heavy atom. The Balaban J connectivity index is 6.21. The molecule has 900 valence electrons. The fourth-order valence-electron chi connectivity index (χ4n) is 1.66. The van der Waals surface area contributed by atoms with Crippen molar-refractivity contribution in [3.8, 4) is 0 Å². The Labute approximate surface area is 1290 Å². The average Bonchev–Trinajstić information content (AvgIpc) is 1.12. The molecule has 0 aromatic carbocycles. The second-order valence-corrected chi connectivity index (χ2v) is 272. The zero-order chi connectivity index (χ0) is 107.